The van der Waals surface area contributed by atoms with Crippen LogP contribution in [0.4, 0.5) is 0 Å². The van der Waals surface area contributed by atoms with Crippen molar-refractivity contribution < 1.29 is 14.7 Å². The van der Waals surface area contributed by atoms with Crippen LogP contribution < -0.4 is 0 Å². The standard InChI is InChI=1S/C6H9ClO3/c1-4(8)5(2-3-7)6(9)10/h5H,2-3H2,1H3,(H,9,10). The summed E-state index contributed by atoms with van der Waals surface area (Å²) in [5.41, 5.74) is 0. The van der Waals surface area contributed by atoms with Gasteiger partial charge in [-0.15, -0.1) is 11.6 Å². The quantitative estimate of drug-likeness (QED) is 0.496. The molecule has 0 amide bonds. The van der Waals surface area contributed by atoms with Crippen molar-refractivity contribution in [2.45, 2.75) is 13.3 Å². The number of hydrogen-bond donors (Lipinski definition) is 1. The van der Waals surface area contributed by atoms with Crippen molar-refractivity contribution in [3.63, 3.8) is 0 Å². The van der Waals surface area contributed by atoms with Crippen molar-refractivity contribution >= 4 is 23.4 Å². The van der Waals surface area contributed by atoms with E-state index < -0.39 is 11.9 Å². The zero-order valence-electron chi connectivity index (χ0n) is 5.63. The highest BCUT2D eigenvalue weighted by Crippen LogP contribution is 2.05. The van der Waals surface area contributed by atoms with Crippen molar-refractivity contribution in [1.29, 1.82) is 0 Å². The molecule has 0 fully saturated rings. The Morgan fingerprint density at radius 3 is 2.20 bits per heavy atom. The Kier molecular flexibility index (Phi) is 4.03. The van der Waals surface area contributed by atoms with Crippen molar-refractivity contribution in [3.8, 4) is 0 Å². The molecule has 0 aromatic carbocycles. The van der Waals surface area contributed by atoms with Crippen molar-refractivity contribution in [3.05, 3.63) is 0 Å². The van der Waals surface area contributed by atoms with E-state index in [0.717, 1.165) is 0 Å². The highest BCUT2D eigenvalue weighted by atomic mass is 35.5. The van der Waals surface area contributed by atoms with Gasteiger partial charge in [-0.25, -0.2) is 0 Å². The van der Waals surface area contributed by atoms with Crippen LogP contribution in [-0.2, 0) is 9.59 Å². The summed E-state index contributed by atoms with van der Waals surface area (Å²) in [7, 11) is 0. The van der Waals surface area contributed by atoms with Crippen LogP contribution in [0.2, 0.25) is 0 Å². The highest BCUT2D eigenvalue weighted by molar-refractivity contribution is 6.18. The van der Waals surface area contributed by atoms with Crippen LogP contribution >= 0.6 is 11.6 Å². The van der Waals surface area contributed by atoms with E-state index >= 15 is 0 Å². The average Bonchev–Trinajstić information content (AvgIpc) is 1.81. The Morgan fingerprint density at radius 1 is 1.60 bits per heavy atom. The van der Waals surface area contributed by atoms with Gasteiger partial charge in [-0.3, -0.25) is 9.59 Å². The first-order valence-corrected chi connectivity index (χ1v) is 3.42. The number of aliphatic carboxylic acids is 1. The Morgan fingerprint density at radius 2 is 2.10 bits per heavy atom. The minimum Gasteiger partial charge on any atom is -0.481 e. The highest BCUT2D eigenvalue weighted by Gasteiger charge is 2.20. The zero-order valence-corrected chi connectivity index (χ0v) is 6.39. The van der Waals surface area contributed by atoms with Crippen molar-refractivity contribution in [1.82, 2.24) is 0 Å². The first-order valence-electron chi connectivity index (χ1n) is 2.88. The molecule has 0 aromatic rings. The van der Waals surface area contributed by atoms with Gasteiger partial charge >= 0.3 is 5.97 Å². The molecule has 0 heterocycles. The molecule has 0 saturated carbocycles. The number of alkyl halides is 1. The fraction of sp³-hybridized carbons (Fsp3) is 0.667. The molecule has 0 saturated heterocycles. The number of rotatable bonds is 4. The summed E-state index contributed by atoms with van der Waals surface area (Å²) in [6.45, 7) is 1.26. The van der Waals surface area contributed by atoms with Crippen LogP contribution in [0, 0.1) is 5.92 Å². The molecule has 0 aliphatic rings. The maximum absolute atomic E-state index is 10.5. The predicted octanol–water partition coefficient (Wildman–Crippen LogP) is 0.905. The monoisotopic (exact) mass is 164 g/mol. The van der Waals surface area contributed by atoms with Gasteiger partial charge in [-0.2, -0.15) is 0 Å². The molecule has 0 rings (SSSR count). The van der Waals surface area contributed by atoms with Crippen LogP contribution in [-0.4, -0.2) is 22.7 Å². The maximum atomic E-state index is 10.5. The van der Waals surface area contributed by atoms with Crippen molar-refractivity contribution in [2.75, 3.05) is 5.88 Å². The van der Waals surface area contributed by atoms with E-state index in [9.17, 15) is 9.59 Å². The molecule has 0 spiro atoms. The smallest absolute Gasteiger partial charge is 0.314 e. The molecule has 0 aliphatic carbocycles. The third-order valence-electron chi connectivity index (χ3n) is 1.19. The van der Waals surface area contributed by atoms with Gasteiger partial charge in [0.2, 0.25) is 0 Å². The van der Waals surface area contributed by atoms with Crippen molar-refractivity contribution in [2.24, 2.45) is 5.92 Å². The van der Waals surface area contributed by atoms with E-state index in [4.69, 9.17) is 16.7 Å². The Balaban J connectivity index is 3.98. The summed E-state index contributed by atoms with van der Waals surface area (Å²) in [6, 6.07) is 0. The van der Waals surface area contributed by atoms with Gasteiger partial charge in [0.15, 0.2) is 0 Å². The molecule has 10 heavy (non-hydrogen) atoms. The molecule has 1 atom stereocenters. The molecule has 4 heteroatoms. The molecule has 0 aromatic heterocycles. The van der Waals surface area contributed by atoms with E-state index in [0.29, 0.717) is 0 Å². The van der Waals surface area contributed by atoms with Gasteiger partial charge < -0.3 is 5.11 Å². The molecule has 3 nitrogen and oxygen atoms in total. The minimum atomic E-state index is -1.09. The number of ketones is 1. The van der Waals surface area contributed by atoms with E-state index in [1.54, 1.807) is 0 Å². The largest absolute Gasteiger partial charge is 0.481 e. The van der Waals surface area contributed by atoms with Crippen LogP contribution in [0.1, 0.15) is 13.3 Å². The lowest BCUT2D eigenvalue weighted by atomic mass is 10.0. The van der Waals surface area contributed by atoms with E-state index in [2.05, 4.69) is 0 Å². The lowest BCUT2D eigenvalue weighted by molar-refractivity contribution is -0.145. The number of carboxylic acids is 1. The Hall–Kier alpha value is -0.570. The van der Waals surface area contributed by atoms with Gasteiger partial charge in [0.1, 0.15) is 11.7 Å². The average molecular weight is 165 g/mol. The van der Waals surface area contributed by atoms with Gasteiger partial charge in [0, 0.05) is 5.88 Å². The number of carbonyl (C=O) groups excluding carboxylic acids is 1. The molecular weight excluding hydrogens is 156 g/mol. The third-order valence-corrected chi connectivity index (χ3v) is 1.40. The van der Waals surface area contributed by atoms with Gasteiger partial charge in [0.25, 0.3) is 0 Å². The Labute approximate surface area is 64.0 Å². The number of Topliss-reactive ketones (excluding diaryl/α,β-unsaturated/α-hetero) is 1. The second kappa shape index (κ2) is 4.28. The molecule has 58 valence electrons. The Bertz CT molecular complexity index is 130. The molecule has 0 bridgehead atoms. The lowest BCUT2D eigenvalue weighted by Crippen LogP contribution is -2.21. The first kappa shape index (κ1) is 9.43. The molecule has 1 N–H and O–H groups in total. The fourth-order valence-corrected chi connectivity index (χ4v) is 0.828. The van der Waals surface area contributed by atoms with Gasteiger partial charge in [0.05, 0.1) is 0 Å². The third kappa shape index (κ3) is 2.82. The summed E-state index contributed by atoms with van der Waals surface area (Å²) in [5, 5.41) is 8.40. The molecular formula is C6H9ClO3. The summed E-state index contributed by atoms with van der Waals surface area (Å²) in [4.78, 5) is 20.8. The SMILES string of the molecule is CC(=O)C(CCCl)C(=O)O. The fourth-order valence-electron chi connectivity index (χ4n) is 0.610. The lowest BCUT2D eigenvalue weighted by Gasteiger charge is -2.03. The van der Waals surface area contributed by atoms with E-state index in [-0.39, 0.29) is 18.1 Å². The summed E-state index contributed by atoms with van der Waals surface area (Å²) in [5.74, 6) is -2.14. The van der Waals surface area contributed by atoms with Gasteiger partial charge in [-0.05, 0) is 13.3 Å². The maximum Gasteiger partial charge on any atom is 0.314 e. The second-order valence-electron chi connectivity index (χ2n) is 1.98. The normalized spacial score (nSPS) is 12.6. The number of hydrogen-bond acceptors (Lipinski definition) is 2. The summed E-state index contributed by atoms with van der Waals surface area (Å²) >= 11 is 5.27. The second-order valence-corrected chi connectivity index (χ2v) is 2.36. The van der Waals surface area contributed by atoms with Crippen LogP contribution in [0.5, 0.6) is 0 Å². The first-order chi connectivity index (χ1) is 4.59. The molecule has 1 unspecified atom stereocenters. The van der Waals surface area contributed by atoms with Crippen LogP contribution in [0.15, 0.2) is 0 Å². The predicted molar refractivity (Wildman–Crippen MR) is 37.1 cm³/mol. The summed E-state index contributed by atoms with van der Waals surface area (Å²) < 4.78 is 0. The number of carbonyl (C=O) groups is 2. The minimum absolute atomic E-state index is 0.205. The number of halogens is 1. The van der Waals surface area contributed by atoms with E-state index in [1.165, 1.54) is 6.92 Å². The summed E-state index contributed by atoms with van der Waals surface area (Å²) in [6.07, 6.45) is 0.215. The zero-order chi connectivity index (χ0) is 8.15. The topological polar surface area (TPSA) is 54.4 Å². The molecule has 0 aliphatic heterocycles. The van der Waals surface area contributed by atoms with Crippen LogP contribution in [0.25, 0.3) is 0 Å². The van der Waals surface area contributed by atoms with Crippen LogP contribution in [0.3, 0.4) is 0 Å². The molecule has 0 radical (unpaired) electrons. The van der Waals surface area contributed by atoms with Gasteiger partial charge in [-0.1, -0.05) is 0 Å². The number of carboxylic acid groups (broad SMARTS) is 1. The van der Waals surface area contributed by atoms with E-state index in [1.807, 2.05) is 0 Å².